The van der Waals surface area contributed by atoms with Crippen LogP contribution in [0.3, 0.4) is 0 Å². The summed E-state index contributed by atoms with van der Waals surface area (Å²) in [4.78, 5) is 28.6. The second kappa shape index (κ2) is 8.73. The van der Waals surface area contributed by atoms with E-state index in [-0.39, 0.29) is 36.3 Å². The van der Waals surface area contributed by atoms with Gasteiger partial charge in [-0.2, -0.15) is 0 Å². The minimum Gasteiger partial charge on any atom is -0.352 e. The lowest BCUT2D eigenvalue weighted by atomic mass is 9.95. The number of carbonyl (C=O) groups excluding carboxylic acids is 2. The van der Waals surface area contributed by atoms with Crippen LogP contribution in [0.5, 0.6) is 0 Å². The van der Waals surface area contributed by atoms with Gasteiger partial charge in [-0.15, -0.1) is 12.4 Å². The lowest BCUT2D eigenvalue weighted by Gasteiger charge is -2.34. The van der Waals surface area contributed by atoms with E-state index in [1.165, 1.54) is 0 Å². The summed E-state index contributed by atoms with van der Waals surface area (Å²) in [7, 11) is 0. The number of piperidine rings is 2. The Kier molecular flexibility index (Phi) is 6.96. The van der Waals surface area contributed by atoms with Crippen LogP contribution in [0.25, 0.3) is 0 Å². The number of nitrogens with one attached hydrogen (secondary N) is 2. The number of carbonyl (C=O) groups is 2. The predicted octanol–water partition coefficient (Wildman–Crippen LogP) is 1.20. The second-order valence-corrected chi connectivity index (χ2v) is 6.79. The SMILES string of the molecule is Cl.O=C(N[C@H]1CCCNC1)C1CCN(C(=O)N2CCCC2)CC1. The zero-order valence-corrected chi connectivity index (χ0v) is 14.6. The number of hydrogen-bond donors (Lipinski definition) is 2. The molecule has 3 aliphatic rings. The summed E-state index contributed by atoms with van der Waals surface area (Å²) in [6.07, 6.45) is 6.05. The number of hydrogen-bond acceptors (Lipinski definition) is 3. The average Bonchev–Trinajstić information content (AvgIpc) is 3.10. The van der Waals surface area contributed by atoms with Gasteiger partial charge in [-0.1, -0.05) is 0 Å². The zero-order chi connectivity index (χ0) is 15.4. The number of urea groups is 1. The van der Waals surface area contributed by atoms with Crippen molar-refractivity contribution in [2.24, 2.45) is 5.92 Å². The van der Waals surface area contributed by atoms with Crippen molar-refractivity contribution in [2.75, 3.05) is 39.3 Å². The number of amides is 3. The third-order valence-corrected chi connectivity index (χ3v) is 5.16. The van der Waals surface area contributed by atoms with Crippen molar-refractivity contribution in [1.29, 1.82) is 0 Å². The summed E-state index contributed by atoms with van der Waals surface area (Å²) in [5.41, 5.74) is 0. The number of halogens is 1. The van der Waals surface area contributed by atoms with Crippen molar-refractivity contribution >= 4 is 24.3 Å². The van der Waals surface area contributed by atoms with E-state index >= 15 is 0 Å². The molecule has 2 N–H and O–H groups in total. The summed E-state index contributed by atoms with van der Waals surface area (Å²) in [5, 5.41) is 6.50. The van der Waals surface area contributed by atoms with Gasteiger partial charge in [0.05, 0.1) is 0 Å². The van der Waals surface area contributed by atoms with Crippen molar-refractivity contribution in [2.45, 2.75) is 44.6 Å². The molecular formula is C16H29ClN4O2. The molecule has 3 rings (SSSR count). The summed E-state index contributed by atoms with van der Waals surface area (Å²) >= 11 is 0. The molecule has 0 saturated carbocycles. The molecule has 0 aliphatic carbocycles. The van der Waals surface area contributed by atoms with E-state index < -0.39 is 0 Å². The quantitative estimate of drug-likeness (QED) is 0.791. The molecule has 3 heterocycles. The van der Waals surface area contributed by atoms with Crippen LogP contribution in [0.1, 0.15) is 38.5 Å². The van der Waals surface area contributed by atoms with Crippen LogP contribution < -0.4 is 10.6 Å². The highest BCUT2D eigenvalue weighted by molar-refractivity contribution is 5.85. The molecule has 132 valence electrons. The summed E-state index contributed by atoms with van der Waals surface area (Å²) < 4.78 is 0. The lowest BCUT2D eigenvalue weighted by molar-refractivity contribution is -0.127. The maximum Gasteiger partial charge on any atom is 0.319 e. The Morgan fingerprint density at radius 2 is 1.57 bits per heavy atom. The molecule has 1 atom stereocenters. The van der Waals surface area contributed by atoms with Gasteiger partial charge < -0.3 is 20.4 Å². The highest BCUT2D eigenvalue weighted by atomic mass is 35.5. The van der Waals surface area contributed by atoms with Crippen LogP contribution >= 0.6 is 12.4 Å². The Bertz CT molecular complexity index is 401. The van der Waals surface area contributed by atoms with Gasteiger partial charge >= 0.3 is 6.03 Å². The third kappa shape index (κ3) is 4.73. The smallest absolute Gasteiger partial charge is 0.319 e. The fourth-order valence-electron chi connectivity index (χ4n) is 3.74. The first-order valence-electron chi connectivity index (χ1n) is 8.79. The maximum atomic E-state index is 12.3. The van der Waals surface area contributed by atoms with Crippen molar-refractivity contribution in [3.8, 4) is 0 Å². The Balaban J connectivity index is 0.00000192. The molecule has 0 spiro atoms. The second-order valence-electron chi connectivity index (χ2n) is 6.79. The molecule has 0 aromatic rings. The van der Waals surface area contributed by atoms with Gasteiger partial charge in [0.25, 0.3) is 0 Å². The Labute approximate surface area is 144 Å². The fraction of sp³-hybridized carbons (Fsp3) is 0.875. The highest BCUT2D eigenvalue weighted by Gasteiger charge is 2.31. The van der Waals surface area contributed by atoms with Gasteiger partial charge in [-0.05, 0) is 45.1 Å². The standard InChI is InChI=1S/C16H28N4O2.ClH/c21-15(18-14-4-3-7-17-12-14)13-5-10-20(11-6-13)16(22)19-8-1-2-9-19;/h13-14,17H,1-12H2,(H,18,21);1H/t14-;/m0./s1. The molecule has 0 radical (unpaired) electrons. The fourth-order valence-corrected chi connectivity index (χ4v) is 3.74. The topological polar surface area (TPSA) is 64.7 Å². The molecule has 6 nitrogen and oxygen atoms in total. The zero-order valence-electron chi connectivity index (χ0n) is 13.8. The van der Waals surface area contributed by atoms with Gasteiger partial charge in [-0.3, -0.25) is 4.79 Å². The van der Waals surface area contributed by atoms with Crippen molar-refractivity contribution in [1.82, 2.24) is 20.4 Å². The van der Waals surface area contributed by atoms with Gasteiger partial charge in [0.15, 0.2) is 0 Å². The number of rotatable bonds is 2. The van der Waals surface area contributed by atoms with Gasteiger partial charge in [-0.25, -0.2) is 4.79 Å². The van der Waals surface area contributed by atoms with E-state index in [4.69, 9.17) is 0 Å². The minimum absolute atomic E-state index is 0. The van der Waals surface area contributed by atoms with E-state index in [0.717, 1.165) is 77.8 Å². The normalized spacial score (nSPS) is 25.8. The Hall–Kier alpha value is -1.01. The molecule has 0 aromatic heterocycles. The van der Waals surface area contributed by atoms with Gasteiger partial charge in [0.1, 0.15) is 0 Å². The van der Waals surface area contributed by atoms with Crippen LogP contribution in [-0.4, -0.2) is 67.0 Å². The van der Waals surface area contributed by atoms with E-state index in [9.17, 15) is 9.59 Å². The summed E-state index contributed by atoms with van der Waals surface area (Å²) in [5.74, 6) is 0.256. The van der Waals surface area contributed by atoms with Gasteiger partial charge in [0, 0.05) is 44.7 Å². The van der Waals surface area contributed by atoms with Crippen LogP contribution in [0.4, 0.5) is 4.79 Å². The Morgan fingerprint density at radius 3 is 2.17 bits per heavy atom. The molecule has 3 amide bonds. The largest absolute Gasteiger partial charge is 0.352 e. The van der Waals surface area contributed by atoms with E-state index in [1.807, 2.05) is 9.80 Å². The first-order chi connectivity index (χ1) is 10.7. The lowest BCUT2D eigenvalue weighted by Crippen LogP contribution is -2.51. The van der Waals surface area contributed by atoms with Crippen LogP contribution in [0.15, 0.2) is 0 Å². The minimum atomic E-state index is 0. The first kappa shape index (κ1) is 18.3. The molecule has 3 fully saturated rings. The monoisotopic (exact) mass is 344 g/mol. The molecule has 23 heavy (non-hydrogen) atoms. The Morgan fingerprint density at radius 1 is 0.913 bits per heavy atom. The van der Waals surface area contributed by atoms with E-state index in [2.05, 4.69) is 10.6 Å². The average molecular weight is 345 g/mol. The van der Waals surface area contributed by atoms with Crippen LogP contribution in [0.2, 0.25) is 0 Å². The summed E-state index contributed by atoms with van der Waals surface area (Å²) in [6.45, 7) is 5.18. The number of likely N-dealkylation sites (tertiary alicyclic amines) is 2. The van der Waals surface area contributed by atoms with Crippen LogP contribution in [0, 0.1) is 5.92 Å². The first-order valence-corrected chi connectivity index (χ1v) is 8.79. The van der Waals surface area contributed by atoms with Crippen molar-refractivity contribution in [3.05, 3.63) is 0 Å². The van der Waals surface area contributed by atoms with E-state index in [0.29, 0.717) is 0 Å². The maximum absolute atomic E-state index is 12.3. The third-order valence-electron chi connectivity index (χ3n) is 5.16. The molecule has 3 saturated heterocycles. The van der Waals surface area contributed by atoms with Crippen molar-refractivity contribution in [3.63, 3.8) is 0 Å². The van der Waals surface area contributed by atoms with Crippen molar-refractivity contribution < 1.29 is 9.59 Å². The number of nitrogens with zero attached hydrogens (tertiary/aromatic N) is 2. The molecule has 0 unspecified atom stereocenters. The predicted molar refractivity (Wildman–Crippen MR) is 91.8 cm³/mol. The molecule has 3 aliphatic heterocycles. The van der Waals surface area contributed by atoms with Gasteiger partial charge in [0.2, 0.25) is 5.91 Å². The highest BCUT2D eigenvalue weighted by Crippen LogP contribution is 2.20. The molecule has 0 aromatic carbocycles. The molecular weight excluding hydrogens is 316 g/mol. The van der Waals surface area contributed by atoms with E-state index in [1.54, 1.807) is 0 Å². The summed E-state index contributed by atoms with van der Waals surface area (Å²) in [6, 6.07) is 0.457. The van der Waals surface area contributed by atoms with Crippen LogP contribution in [-0.2, 0) is 4.79 Å². The molecule has 0 bridgehead atoms. The molecule has 7 heteroatoms.